The standard InChI is InChI=1S/C37H63BrO5/c1-5-6-7-8-9-10-11-12-13-14-15-16-17-18-19-20-21-25-28-42-35(41)37(4,30-39)31-43-34(40)36(2,3)29-33(38)32-26-23-22-24-27-32/h22-24,26-27,33,39H,5-21,25,28-31H2,1-4H3. The molecule has 0 spiro atoms. The Morgan fingerprint density at radius 3 is 1.58 bits per heavy atom. The number of ether oxygens (including phenoxy) is 2. The Bertz CT molecular complexity index is 843. The second-order valence-corrected chi connectivity index (χ2v) is 14.5. The number of hydrogen-bond acceptors (Lipinski definition) is 5. The van der Waals surface area contributed by atoms with Crippen molar-refractivity contribution in [1.29, 1.82) is 0 Å². The van der Waals surface area contributed by atoms with E-state index in [2.05, 4.69) is 22.9 Å². The number of benzene rings is 1. The van der Waals surface area contributed by atoms with Gasteiger partial charge in [0.05, 0.1) is 18.6 Å². The normalized spacial score (nSPS) is 13.8. The van der Waals surface area contributed by atoms with Gasteiger partial charge in [0.25, 0.3) is 0 Å². The molecule has 0 aliphatic rings. The van der Waals surface area contributed by atoms with Crippen LogP contribution in [0.4, 0.5) is 0 Å². The molecule has 43 heavy (non-hydrogen) atoms. The van der Waals surface area contributed by atoms with Gasteiger partial charge < -0.3 is 14.6 Å². The zero-order chi connectivity index (χ0) is 31.8. The summed E-state index contributed by atoms with van der Waals surface area (Å²) >= 11 is 3.68. The smallest absolute Gasteiger partial charge is 0.317 e. The van der Waals surface area contributed by atoms with Crippen LogP contribution in [0.25, 0.3) is 0 Å². The highest BCUT2D eigenvalue weighted by molar-refractivity contribution is 9.09. The molecule has 0 fully saturated rings. The molecular weight excluding hydrogens is 604 g/mol. The van der Waals surface area contributed by atoms with Gasteiger partial charge >= 0.3 is 11.9 Å². The van der Waals surface area contributed by atoms with Crippen molar-refractivity contribution < 1.29 is 24.2 Å². The van der Waals surface area contributed by atoms with Crippen LogP contribution in [0.5, 0.6) is 0 Å². The van der Waals surface area contributed by atoms with E-state index in [0.717, 1.165) is 24.8 Å². The fourth-order valence-electron chi connectivity index (χ4n) is 5.24. The summed E-state index contributed by atoms with van der Waals surface area (Å²) in [5, 5.41) is 9.92. The molecular formula is C37H63BrO5. The van der Waals surface area contributed by atoms with Gasteiger partial charge in [0, 0.05) is 4.83 Å². The van der Waals surface area contributed by atoms with Crippen LogP contribution in [0.3, 0.4) is 0 Å². The first-order valence-electron chi connectivity index (χ1n) is 17.3. The third kappa shape index (κ3) is 18.2. The van der Waals surface area contributed by atoms with Gasteiger partial charge in [-0.25, -0.2) is 0 Å². The highest BCUT2D eigenvalue weighted by Gasteiger charge is 2.39. The van der Waals surface area contributed by atoms with E-state index in [1.165, 1.54) is 96.3 Å². The number of aliphatic hydroxyl groups is 1. The van der Waals surface area contributed by atoms with Crippen LogP contribution in [0.1, 0.15) is 160 Å². The summed E-state index contributed by atoms with van der Waals surface area (Å²) in [6.45, 7) is 7.21. The minimum absolute atomic E-state index is 0.000174. The molecule has 0 aliphatic carbocycles. The van der Waals surface area contributed by atoms with Gasteiger partial charge in [0.15, 0.2) is 0 Å². The number of aliphatic hydroxyl groups excluding tert-OH is 1. The first-order valence-corrected chi connectivity index (χ1v) is 18.2. The second kappa shape index (κ2) is 23.9. The highest BCUT2D eigenvalue weighted by Crippen LogP contribution is 2.37. The number of halogens is 1. The molecule has 2 atom stereocenters. The van der Waals surface area contributed by atoms with Crippen LogP contribution in [0.15, 0.2) is 30.3 Å². The Hall–Kier alpha value is -1.40. The molecule has 0 heterocycles. The SMILES string of the molecule is CCCCCCCCCCCCCCCCCCCCOC(=O)C(C)(CO)COC(=O)C(C)(C)CC(Br)c1ccccc1. The Balaban J connectivity index is 2.09. The zero-order valence-electron chi connectivity index (χ0n) is 28.0. The molecule has 1 N–H and O–H groups in total. The maximum absolute atomic E-state index is 12.9. The lowest BCUT2D eigenvalue weighted by atomic mass is 9.86. The molecule has 6 heteroatoms. The quantitative estimate of drug-likeness (QED) is 0.0574. The number of carbonyl (C=O) groups is 2. The van der Waals surface area contributed by atoms with E-state index in [1.807, 2.05) is 44.2 Å². The van der Waals surface area contributed by atoms with Crippen molar-refractivity contribution in [3.63, 3.8) is 0 Å². The molecule has 0 aromatic heterocycles. The van der Waals surface area contributed by atoms with Crippen molar-refractivity contribution in [2.75, 3.05) is 19.8 Å². The first kappa shape index (κ1) is 39.6. The van der Waals surface area contributed by atoms with E-state index in [4.69, 9.17) is 9.47 Å². The van der Waals surface area contributed by atoms with Gasteiger partial charge in [-0.1, -0.05) is 162 Å². The van der Waals surface area contributed by atoms with Crippen LogP contribution in [-0.2, 0) is 19.1 Å². The number of hydrogen-bond donors (Lipinski definition) is 1. The van der Waals surface area contributed by atoms with Crippen LogP contribution < -0.4 is 0 Å². The number of unbranched alkanes of at least 4 members (excludes halogenated alkanes) is 17. The predicted octanol–water partition coefficient (Wildman–Crippen LogP) is 10.7. The molecule has 1 aromatic rings. The molecule has 0 bridgehead atoms. The summed E-state index contributed by atoms with van der Waals surface area (Å²) in [6, 6.07) is 9.92. The number of carbonyl (C=O) groups excluding carboxylic acids is 2. The molecule has 0 saturated heterocycles. The van der Waals surface area contributed by atoms with Crippen molar-refractivity contribution in [3.8, 4) is 0 Å². The topological polar surface area (TPSA) is 72.8 Å². The van der Waals surface area contributed by atoms with Crippen LogP contribution in [0.2, 0.25) is 0 Å². The Kier molecular flexibility index (Phi) is 22.0. The molecule has 2 unspecified atom stereocenters. The minimum atomic E-state index is -1.27. The molecule has 0 aliphatic heterocycles. The van der Waals surface area contributed by atoms with E-state index in [9.17, 15) is 14.7 Å². The summed E-state index contributed by atoms with van der Waals surface area (Å²) in [5.74, 6) is -0.918. The van der Waals surface area contributed by atoms with Crippen molar-refractivity contribution >= 4 is 27.9 Å². The van der Waals surface area contributed by atoms with E-state index < -0.39 is 29.4 Å². The van der Waals surface area contributed by atoms with E-state index >= 15 is 0 Å². The fourth-order valence-corrected chi connectivity index (χ4v) is 6.36. The van der Waals surface area contributed by atoms with Crippen molar-refractivity contribution in [2.24, 2.45) is 10.8 Å². The second-order valence-electron chi connectivity index (χ2n) is 13.4. The summed E-state index contributed by atoms with van der Waals surface area (Å²) in [6.07, 6.45) is 24.1. The van der Waals surface area contributed by atoms with Gasteiger partial charge in [-0.2, -0.15) is 0 Å². The Morgan fingerprint density at radius 2 is 1.14 bits per heavy atom. The summed E-state index contributed by atoms with van der Waals surface area (Å²) in [7, 11) is 0. The van der Waals surface area contributed by atoms with E-state index in [-0.39, 0.29) is 11.4 Å². The summed E-state index contributed by atoms with van der Waals surface area (Å²) < 4.78 is 11.0. The molecule has 248 valence electrons. The average molecular weight is 668 g/mol. The van der Waals surface area contributed by atoms with Crippen molar-refractivity contribution in [3.05, 3.63) is 35.9 Å². The zero-order valence-corrected chi connectivity index (χ0v) is 29.6. The third-order valence-corrected chi connectivity index (χ3v) is 9.35. The fraction of sp³-hybridized carbons (Fsp3) is 0.784. The lowest BCUT2D eigenvalue weighted by molar-refractivity contribution is -0.170. The van der Waals surface area contributed by atoms with E-state index in [0.29, 0.717) is 13.0 Å². The molecule has 0 saturated carbocycles. The highest BCUT2D eigenvalue weighted by atomic mass is 79.9. The minimum Gasteiger partial charge on any atom is -0.465 e. The van der Waals surface area contributed by atoms with Gasteiger partial charge in [-0.15, -0.1) is 0 Å². The average Bonchev–Trinajstić information content (AvgIpc) is 3.00. The molecule has 0 amide bonds. The Morgan fingerprint density at radius 1 is 0.698 bits per heavy atom. The number of esters is 2. The Labute approximate surface area is 272 Å². The summed E-state index contributed by atoms with van der Waals surface area (Å²) in [5.41, 5.74) is -0.948. The van der Waals surface area contributed by atoms with Gasteiger partial charge in [0.2, 0.25) is 0 Å². The molecule has 1 rings (SSSR count). The maximum atomic E-state index is 12.9. The van der Waals surface area contributed by atoms with Crippen LogP contribution >= 0.6 is 15.9 Å². The summed E-state index contributed by atoms with van der Waals surface area (Å²) in [4.78, 5) is 25.6. The maximum Gasteiger partial charge on any atom is 0.317 e. The van der Waals surface area contributed by atoms with Crippen molar-refractivity contribution in [2.45, 2.75) is 155 Å². The molecule has 0 radical (unpaired) electrons. The number of alkyl halides is 1. The lowest BCUT2D eigenvalue weighted by Gasteiger charge is -2.29. The predicted molar refractivity (Wildman–Crippen MR) is 182 cm³/mol. The van der Waals surface area contributed by atoms with Crippen LogP contribution in [-0.4, -0.2) is 36.9 Å². The third-order valence-electron chi connectivity index (χ3n) is 8.50. The van der Waals surface area contributed by atoms with Gasteiger partial charge in [0.1, 0.15) is 12.0 Å². The largest absolute Gasteiger partial charge is 0.465 e. The number of rotatable bonds is 27. The van der Waals surface area contributed by atoms with Gasteiger partial charge in [-0.05, 0) is 39.2 Å². The van der Waals surface area contributed by atoms with Gasteiger partial charge in [-0.3, -0.25) is 9.59 Å². The van der Waals surface area contributed by atoms with E-state index in [1.54, 1.807) is 6.92 Å². The van der Waals surface area contributed by atoms with Crippen molar-refractivity contribution in [1.82, 2.24) is 0 Å². The molecule has 5 nitrogen and oxygen atoms in total. The molecule has 1 aromatic carbocycles. The lowest BCUT2D eigenvalue weighted by Crippen LogP contribution is -2.40. The first-order chi connectivity index (χ1) is 20.7. The monoisotopic (exact) mass is 666 g/mol. The van der Waals surface area contributed by atoms with Crippen LogP contribution in [0, 0.1) is 10.8 Å².